The lowest BCUT2D eigenvalue weighted by Gasteiger charge is -2.35. The number of carbonyl (C=O) groups excluding carboxylic acids is 2. The highest BCUT2D eigenvalue weighted by Crippen LogP contribution is 2.28. The van der Waals surface area contributed by atoms with E-state index in [2.05, 4.69) is 15.2 Å². The molecule has 0 saturated carbocycles. The molecule has 3 N–H and O–H groups in total. The molecule has 2 saturated heterocycles. The highest BCUT2D eigenvalue weighted by atomic mass is 32.2. The molecule has 1 aromatic carbocycles. The van der Waals surface area contributed by atoms with Crippen molar-refractivity contribution in [1.82, 2.24) is 15.2 Å². The van der Waals surface area contributed by atoms with Crippen molar-refractivity contribution in [3.63, 3.8) is 0 Å². The number of hydrogen-bond acceptors (Lipinski definition) is 9. The van der Waals surface area contributed by atoms with Gasteiger partial charge in [0.05, 0.1) is 6.04 Å². The Morgan fingerprint density at radius 3 is 2.42 bits per heavy atom. The van der Waals surface area contributed by atoms with Crippen molar-refractivity contribution >= 4 is 45.2 Å². The molecule has 0 bridgehead atoms. The summed E-state index contributed by atoms with van der Waals surface area (Å²) in [6.07, 6.45) is 3.89. The standard InChI is InChI=1S/C21H31N3O5S.C3H4N2S.2H2/c1-21(2,3)29-20(26)22-14-15-8-11-23(12-9-15)18-10-13-24(19(18)25)16-4-6-17(7-5-16)30(27)28;4-3-5-1-2-6-3;;/h4-7,15,18H,8-14H2,1-3H3,(H,22,26)(H,27,28);1-2H,(H2,4,5);2*1H/p-1/t18-;;;/m0.../s1. The average Bonchev–Trinajstić information content (AvgIpc) is 3.46. The molecule has 2 atom stereocenters. The number of amides is 2. The van der Waals surface area contributed by atoms with Crippen molar-refractivity contribution in [1.29, 1.82) is 0 Å². The van der Waals surface area contributed by atoms with Crippen LogP contribution in [0.1, 0.15) is 42.9 Å². The van der Waals surface area contributed by atoms with Gasteiger partial charge in [0.1, 0.15) is 5.60 Å². The van der Waals surface area contributed by atoms with Gasteiger partial charge in [0, 0.05) is 38.1 Å². The molecule has 2 aliphatic heterocycles. The number of hydrogen-bond donors (Lipinski definition) is 2. The summed E-state index contributed by atoms with van der Waals surface area (Å²) >= 11 is -0.823. The van der Waals surface area contributed by atoms with E-state index in [4.69, 9.17) is 10.5 Å². The van der Waals surface area contributed by atoms with Crippen molar-refractivity contribution in [2.75, 3.05) is 36.8 Å². The molecule has 10 nitrogen and oxygen atoms in total. The average molecular weight is 541 g/mol. The molecule has 2 aromatic rings. The van der Waals surface area contributed by atoms with Gasteiger partial charge in [-0.3, -0.25) is 13.9 Å². The Morgan fingerprint density at radius 1 is 1.25 bits per heavy atom. The van der Waals surface area contributed by atoms with Crippen LogP contribution in [0, 0.1) is 5.92 Å². The first kappa shape index (κ1) is 28.0. The molecule has 36 heavy (non-hydrogen) atoms. The summed E-state index contributed by atoms with van der Waals surface area (Å²) in [7, 11) is 0. The van der Waals surface area contributed by atoms with E-state index in [1.54, 1.807) is 23.2 Å². The zero-order chi connectivity index (χ0) is 26.3. The normalized spacial score (nSPS) is 19.9. The molecular formula is C24H38N5O5S2-. The summed E-state index contributed by atoms with van der Waals surface area (Å²) in [6.45, 7) is 8.37. The SMILES string of the molecule is CC(C)(C)OC(=O)NCC1CCN([C@H]2CCN(c3ccc(S(=O)[O-])cc3)C2=O)CC1.Nc1nccs1.[HH].[HH]. The van der Waals surface area contributed by atoms with Crippen LogP contribution in [0.3, 0.4) is 0 Å². The Bertz CT molecular complexity index is 1030. The third kappa shape index (κ3) is 8.26. The molecule has 3 heterocycles. The molecule has 0 radical (unpaired) electrons. The molecule has 2 amide bonds. The summed E-state index contributed by atoms with van der Waals surface area (Å²) in [5.74, 6) is 0.443. The predicted octanol–water partition coefficient (Wildman–Crippen LogP) is 3.48. The van der Waals surface area contributed by atoms with E-state index in [1.807, 2.05) is 26.2 Å². The van der Waals surface area contributed by atoms with Gasteiger partial charge in [0.25, 0.3) is 0 Å². The van der Waals surface area contributed by atoms with Crippen LogP contribution in [-0.2, 0) is 20.6 Å². The number of anilines is 2. The number of carbonyl (C=O) groups is 2. The zero-order valence-corrected chi connectivity index (χ0v) is 22.5. The second-order valence-electron chi connectivity index (χ2n) is 9.76. The van der Waals surface area contributed by atoms with Crippen LogP contribution < -0.4 is 16.0 Å². The quantitative estimate of drug-likeness (QED) is 0.549. The van der Waals surface area contributed by atoms with Crippen LogP contribution in [0.5, 0.6) is 0 Å². The van der Waals surface area contributed by atoms with Crippen LogP contribution >= 0.6 is 11.3 Å². The van der Waals surface area contributed by atoms with Crippen LogP contribution in [-0.4, -0.2) is 68.5 Å². The minimum atomic E-state index is -2.27. The number of nitrogens with zero attached hydrogens (tertiary/aromatic N) is 3. The third-order valence-corrected chi connectivity index (χ3v) is 7.26. The van der Waals surface area contributed by atoms with Gasteiger partial charge in [-0.2, -0.15) is 0 Å². The third-order valence-electron chi connectivity index (χ3n) is 5.99. The van der Waals surface area contributed by atoms with Crippen molar-refractivity contribution in [2.24, 2.45) is 5.92 Å². The number of rotatable bonds is 5. The van der Waals surface area contributed by atoms with Crippen molar-refractivity contribution in [3.05, 3.63) is 35.8 Å². The molecular weight excluding hydrogens is 502 g/mol. The van der Waals surface area contributed by atoms with E-state index in [1.165, 1.54) is 23.5 Å². The van der Waals surface area contributed by atoms with Gasteiger partial charge in [-0.15, -0.1) is 11.3 Å². The van der Waals surface area contributed by atoms with Crippen LogP contribution in [0.15, 0.2) is 40.7 Å². The van der Waals surface area contributed by atoms with Gasteiger partial charge in [0.2, 0.25) is 5.91 Å². The maximum absolute atomic E-state index is 12.9. The number of piperidine rings is 1. The smallest absolute Gasteiger partial charge is 0.407 e. The summed E-state index contributed by atoms with van der Waals surface area (Å²) in [6, 6.07) is 6.25. The Balaban J connectivity index is 0.000000796. The van der Waals surface area contributed by atoms with Crippen molar-refractivity contribution in [3.8, 4) is 0 Å². The summed E-state index contributed by atoms with van der Waals surface area (Å²) in [4.78, 5) is 32.7. The lowest BCUT2D eigenvalue weighted by Crippen LogP contribution is -2.47. The highest BCUT2D eigenvalue weighted by molar-refractivity contribution is 7.79. The van der Waals surface area contributed by atoms with Crippen LogP contribution in [0.25, 0.3) is 0 Å². The lowest BCUT2D eigenvalue weighted by molar-refractivity contribution is -0.122. The molecule has 2 fully saturated rings. The van der Waals surface area contributed by atoms with Crippen LogP contribution in [0.2, 0.25) is 0 Å². The molecule has 4 rings (SSSR count). The minimum Gasteiger partial charge on any atom is -0.768 e. The Labute approximate surface area is 221 Å². The van der Waals surface area contributed by atoms with E-state index >= 15 is 0 Å². The maximum atomic E-state index is 12.9. The molecule has 1 unspecified atom stereocenters. The number of aromatic nitrogens is 1. The molecule has 12 heteroatoms. The Hall–Kier alpha value is -2.54. The maximum Gasteiger partial charge on any atom is 0.407 e. The van der Waals surface area contributed by atoms with Gasteiger partial charge < -0.3 is 25.2 Å². The predicted molar refractivity (Wildman–Crippen MR) is 144 cm³/mol. The monoisotopic (exact) mass is 540 g/mol. The van der Waals surface area contributed by atoms with Gasteiger partial charge >= 0.3 is 6.09 Å². The summed E-state index contributed by atoms with van der Waals surface area (Å²) < 4.78 is 27.3. The van der Waals surface area contributed by atoms with Crippen LogP contribution in [0.4, 0.5) is 15.6 Å². The van der Waals surface area contributed by atoms with Gasteiger partial charge in [-0.05, 0) is 94.4 Å². The molecule has 0 spiro atoms. The lowest BCUT2D eigenvalue weighted by atomic mass is 9.95. The first-order valence-electron chi connectivity index (χ1n) is 11.9. The fourth-order valence-corrected chi connectivity index (χ4v) is 4.98. The number of likely N-dealkylation sites (tertiary alicyclic amines) is 1. The van der Waals surface area contributed by atoms with Crippen molar-refractivity contribution < 1.29 is 25.9 Å². The van der Waals surface area contributed by atoms with E-state index in [0.717, 1.165) is 38.0 Å². The van der Waals surface area contributed by atoms with Gasteiger partial charge in [-0.1, -0.05) is 0 Å². The highest BCUT2D eigenvalue weighted by Gasteiger charge is 2.38. The topological polar surface area (TPSA) is 141 Å². The van der Waals surface area contributed by atoms with E-state index in [0.29, 0.717) is 24.1 Å². The first-order valence-corrected chi connectivity index (χ1v) is 13.9. The number of benzene rings is 1. The van der Waals surface area contributed by atoms with E-state index in [9.17, 15) is 18.4 Å². The zero-order valence-electron chi connectivity index (χ0n) is 20.8. The Kier molecular flexibility index (Phi) is 9.83. The second kappa shape index (κ2) is 12.6. The van der Waals surface area contributed by atoms with E-state index in [-0.39, 0.29) is 19.7 Å². The summed E-state index contributed by atoms with van der Waals surface area (Å²) in [5.41, 5.74) is 5.41. The number of alkyl carbamates (subject to hydrolysis) is 1. The molecule has 2 aliphatic rings. The largest absolute Gasteiger partial charge is 0.768 e. The Morgan fingerprint density at radius 2 is 1.92 bits per heavy atom. The van der Waals surface area contributed by atoms with Gasteiger partial charge in [0.15, 0.2) is 5.13 Å². The fraction of sp³-hybridized carbons (Fsp3) is 0.542. The molecule has 0 aliphatic carbocycles. The molecule has 202 valence electrons. The first-order chi connectivity index (χ1) is 17.0. The van der Waals surface area contributed by atoms with E-state index < -0.39 is 22.8 Å². The van der Waals surface area contributed by atoms with Crippen molar-refractivity contribution in [2.45, 2.75) is 56.6 Å². The number of nitrogen functional groups attached to an aromatic ring is 1. The number of nitrogens with one attached hydrogen (secondary N) is 1. The number of ether oxygens (including phenoxy) is 1. The number of thiazole rings is 1. The minimum absolute atomic E-state index is 0. The number of nitrogens with two attached hydrogens (primary N) is 1. The second-order valence-corrected chi connectivity index (χ2v) is 11.6. The molecule has 1 aromatic heterocycles. The summed E-state index contributed by atoms with van der Waals surface area (Å²) in [5, 5.41) is 5.32. The fourth-order valence-electron chi connectivity index (χ4n) is 4.24. The van der Waals surface area contributed by atoms with Gasteiger partial charge in [-0.25, -0.2) is 9.78 Å².